The van der Waals surface area contributed by atoms with Crippen molar-refractivity contribution in [3.05, 3.63) is 145 Å². The monoisotopic (exact) mass is 536 g/mol. The van der Waals surface area contributed by atoms with Crippen LogP contribution in [0.3, 0.4) is 0 Å². The van der Waals surface area contributed by atoms with Crippen LogP contribution in [0.4, 0.5) is 17.1 Å². The molecule has 0 radical (unpaired) electrons. The Morgan fingerprint density at radius 2 is 0.975 bits per heavy atom. The number of quaternary nitrogens is 1. The summed E-state index contributed by atoms with van der Waals surface area (Å²) in [5, 5.41) is 34.5. The summed E-state index contributed by atoms with van der Waals surface area (Å²) in [6.45, 7) is 0.574. The summed E-state index contributed by atoms with van der Waals surface area (Å²) in [4.78, 5) is 33.1. The maximum absolute atomic E-state index is 11.5. The lowest BCUT2D eigenvalue weighted by Crippen LogP contribution is -2.75. The standard InChI is InChI=1S/C29H25BN4O6/c1-34(2)20-28(21-6-4-3-5-7-21)29(22-8-14-25(15-9-22)31(35)36)30(34,23-10-16-26(17-11-23)32(37)38)24-12-18-27(19-13-24)33(39)40/h3-19H,20H2,1-2H3. The number of rotatable bonds is 7. The van der Waals surface area contributed by atoms with E-state index < -0.39 is 21.1 Å². The molecule has 0 fully saturated rings. The minimum atomic E-state index is -1.97. The molecule has 0 spiro atoms. The van der Waals surface area contributed by atoms with Crippen molar-refractivity contribution < 1.29 is 19.2 Å². The minimum absolute atomic E-state index is 0.0406. The first-order valence-corrected chi connectivity index (χ1v) is 12.6. The molecule has 4 aromatic rings. The second-order valence-electron chi connectivity index (χ2n) is 10.5. The van der Waals surface area contributed by atoms with Crippen LogP contribution < -0.4 is 10.9 Å². The lowest BCUT2D eigenvalue weighted by molar-refractivity contribution is -0.774. The van der Waals surface area contributed by atoms with Gasteiger partial charge < -0.3 is 4.39 Å². The maximum Gasteiger partial charge on any atom is 0.292 e. The van der Waals surface area contributed by atoms with Gasteiger partial charge in [0.05, 0.1) is 21.3 Å². The average molecular weight is 536 g/mol. The summed E-state index contributed by atoms with van der Waals surface area (Å²) in [6.07, 6.45) is -1.97. The number of likely N-dealkylation sites (N-methyl/N-ethyl adjacent to an activating group) is 1. The van der Waals surface area contributed by atoms with Crippen LogP contribution in [0.1, 0.15) is 11.1 Å². The number of non-ortho nitro benzene ring substituents is 3. The van der Waals surface area contributed by atoms with Gasteiger partial charge in [-0.05, 0) is 11.1 Å². The summed E-state index contributed by atoms with van der Waals surface area (Å²) in [5.41, 5.74) is 5.18. The number of nitro benzene ring substituents is 3. The fraction of sp³-hybridized carbons (Fsp3) is 0.103. The molecule has 0 saturated heterocycles. The molecule has 1 aliphatic rings. The zero-order valence-corrected chi connectivity index (χ0v) is 21.8. The minimum Gasteiger partial charge on any atom is -0.505 e. The SMILES string of the molecule is C[N+]1(C)CC(c2ccccc2)=C(c2ccc([N+](=O)[O-])cc2)[B-]1(c1ccc([N+](=O)[O-])cc1)c1ccc([N+](=O)[O-])cc1. The number of hydrogen-bond acceptors (Lipinski definition) is 6. The van der Waals surface area contributed by atoms with E-state index in [1.807, 2.05) is 30.3 Å². The predicted molar refractivity (Wildman–Crippen MR) is 155 cm³/mol. The third-order valence-corrected chi connectivity index (χ3v) is 8.04. The van der Waals surface area contributed by atoms with Crippen LogP contribution in [0.25, 0.3) is 11.0 Å². The molecule has 4 aromatic carbocycles. The Morgan fingerprint density at radius 3 is 1.38 bits per heavy atom. The molecule has 10 nitrogen and oxygen atoms in total. The van der Waals surface area contributed by atoms with Crippen molar-refractivity contribution in [2.75, 3.05) is 20.6 Å². The van der Waals surface area contributed by atoms with Gasteiger partial charge in [-0.1, -0.05) is 72.3 Å². The number of benzene rings is 4. The van der Waals surface area contributed by atoms with Crippen LogP contribution in [0.5, 0.6) is 0 Å². The van der Waals surface area contributed by atoms with Gasteiger partial charge in [0.1, 0.15) is 0 Å². The van der Waals surface area contributed by atoms with E-state index in [4.69, 9.17) is 0 Å². The summed E-state index contributed by atoms with van der Waals surface area (Å²) >= 11 is 0. The van der Waals surface area contributed by atoms with E-state index in [9.17, 15) is 30.3 Å². The molecule has 200 valence electrons. The summed E-state index contributed by atoms with van der Waals surface area (Å²) in [5.74, 6) is 0. The van der Waals surface area contributed by atoms with Crippen molar-refractivity contribution in [3.8, 4) is 0 Å². The van der Waals surface area contributed by atoms with E-state index in [1.54, 1.807) is 36.4 Å². The van der Waals surface area contributed by atoms with Crippen molar-refractivity contribution in [3.63, 3.8) is 0 Å². The van der Waals surface area contributed by atoms with Gasteiger partial charge in [0, 0.05) is 50.5 Å². The number of nitrogens with zero attached hydrogens (tertiary/aromatic N) is 4. The van der Waals surface area contributed by atoms with Gasteiger partial charge in [0.2, 0.25) is 0 Å². The Balaban J connectivity index is 1.90. The first-order chi connectivity index (χ1) is 19.1. The highest BCUT2D eigenvalue weighted by atomic mass is 16.6. The third-order valence-electron chi connectivity index (χ3n) is 8.04. The van der Waals surface area contributed by atoms with E-state index in [1.165, 1.54) is 36.4 Å². The normalized spacial score (nSPS) is 15.6. The Hall–Kier alpha value is -5.16. The first-order valence-electron chi connectivity index (χ1n) is 12.6. The van der Waals surface area contributed by atoms with Crippen LogP contribution in [-0.4, -0.2) is 46.1 Å². The van der Waals surface area contributed by atoms with Crippen molar-refractivity contribution >= 4 is 45.3 Å². The molecule has 1 heterocycles. The quantitative estimate of drug-likeness (QED) is 0.191. The van der Waals surface area contributed by atoms with E-state index >= 15 is 0 Å². The highest BCUT2D eigenvalue weighted by molar-refractivity contribution is 7.11. The zero-order chi connectivity index (χ0) is 28.7. The molecule has 0 aliphatic carbocycles. The van der Waals surface area contributed by atoms with Gasteiger partial charge in [-0.15, -0.1) is 16.4 Å². The van der Waals surface area contributed by atoms with E-state index in [2.05, 4.69) is 14.1 Å². The van der Waals surface area contributed by atoms with Gasteiger partial charge in [-0.25, -0.2) is 0 Å². The van der Waals surface area contributed by atoms with E-state index in [-0.39, 0.29) is 17.1 Å². The summed E-state index contributed by atoms with van der Waals surface area (Å²) < 4.78 is 0.409. The molecule has 0 saturated carbocycles. The molecule has 5 rings (SSSR count). The fourth-order valence-corrected chi connectivity index (χ4v) is 6.38. The van der Waals surface area contributed by atoms with E-state index in [0.29, 0.717) is 10.9 Å². The molecule has 0 aromatic heterocycles. The zero-order valence-electron chi connectivity index (χ0n) is 21.8. The van der Waals surface area contributed by atoms with Crippen LogP contribution in [0.15, 0.2) is 103 Å². The van der Waals surface area contributed by atoms with Crippen LogP contribution in [-0.2, 0) is 0 Å². The number of hydrogen-bond donors (Lipinski definition) is 0. The lowest BCUT2D eigenvalue weighted by Gasteiger charge is -2.53. The first kappa shape index (κ1) is 26.5. The lowest BCUT2D eigenvalue weighted by atomic mass is 9.21. The molecule has 0 atom stereocenters. The van der Waals surface area contributed by atoms with Gasteiger partial charge >= 0.3 is 0 Å². The van der Waals surface area contributed by atoms with Gasteiger partial charge in [0.25, 0.3) is 23.3 Å². The summed E-state index contributed by atoms with van der Waals surface area (Å²) in [7, 11) is 4.15. The highest BCUT2D eigenvalue weighted by Crippen LogP contribution is 2.45. The van der Waals surface area contributed by atoms with E-state index in [0.717, 1.165) is 33.1 Å². The molecule has 0 amide bonds. The second-order valence-corrected chi connectivity index (χ2v) is 10.5. The molecule has 0 unspecified atom stereocenters. The topological polar surface area (TPSA) is 129 Å². The largest absolute Gasteiger partial charge is 0.505 e. The highest BCUT2D eigenvalue weighted by Gasteiger charge is 2.53. The molecule has 40 heavy (non-hydrogen) atoms. The number of nitro groups is 3. The van der Waals surface area contributed by atoms with Crippen molar-refractivity contribution in [1.29, 1.82) is 0 Å². The molecular weight excluding hydrogens is 511 g/mol. The van der Waals surface area contributed by atoms with Crippen molar-refractivity contribution in [2.45, 2.75) is 0 Å². The summed E-state index contributed by atoms with van der Waals surface area (Å²) in [6, 6.07) is 29.1. The predicted octanol–water partition coefficient (Wildman–Crippen LogP) is 4.71. The Labute approximate surface area is 229 Å². The maximum atomic E-state index is 11.5. The average Bonchev–Trinajstić information content (AvgIpc) is 3.21. The van der Waals surface area contributed by atoms with Gasteiger partial charge in [-0.3, -0.25) is 30.3 Å². The second kappa shape index (κ2) is 9.86. The van der Waals surface area contributed by atoms with Crippen molar-refractivity contribution in [1.82, 2.24) is 0 Å². The van der Waals surface area contributed by atoms with Crippen LogP contribution >= 0.6 is 0 Å². The van der Waals surface area contributed by atoms with Gasteiger partial charge in [-0.2, -0.15) is 0 Å². The van der Waals surface area contributed by atoms with Crippen LogP contribution in [0.2, 0.25) is 0 Å². The van der Waals surface area contributed by atoms with Crippen LogP contribution in [0, 0.1) is 30.3 Å². The third kappa shape index (κ3) is 4.22. The smallest absolute Gasteiger partial charge is 0.292 e. The Morgan fingerprint density at radius 1 is 0.575 bits per heavy atom. The fourth-order valence-electron chi connectivity index (χ4n) is 6.38. The molecule has 11 heteroatoms. The Bertz CT molecular complexity index is 1590. The molecular formula is C29H25BN4O6. The molecule has 1 aliphatic heterocycles. The Kier molecular flexibility index (Phi) is 6.52. The van der Waals surface area contributed by atoms with Crippen molar-refractivity contribution in [2.24, 2.45) is 0 Å². The molecule has 0 N–H and O–H groups in total. The molecule has 0 bridgehead atoms. The van der Waals surface area contributed by atoms with Gasteiger partial charge in [0.15, 0.2) is 0 Å².